The molecule has 96 valence electrons. The normalized spacial score (nSPS) is 14.6. The van der Waals surface area contributed by atoms with E-state index in [9.17, 15) is 8.78 Å². The molecular formula is C14H21F2N. The van der Waals surface area contributed by atoms with Crippen LogP contribution < -0.4 is 5.73 Å². The van der Waals surface area contributed by atoms with E-state index in [2.05, 4.69) is 6.92 Å². The van der Waals surface area contributed by atoms with Gasteiger partial charge in [0, 0.05) is 5.54 Å². The van der Waals surface area contributed by atoms with Crippen LogP contribution in [0.5, 0.6) is 0 Å². The third-order valence-corrected chi connectivity index (χ3v) is 3.28. The van der Waals surface area contributed by atoms with Crippen LogP contribution in [0.15, 0.2) is 18.2 Å². The average Bonchev–Trinajstić information content (AvgIpc) is 2.31. The first kappa shape index (κ1) is 14.1. The zero-order valence-electron chi connectivity index (χ0n) is 10.6. The van der Waals surface area contributed by atoms with Crippen molar-refractivity contribution in [2.45, 2.75) is 51.5 Å². The van der Waals surface area contributed by atoms with E-state index in [0.29, 0.717) is 12.0 Å². The zero-order chi connectivity index (χ0) is 12.9. The van der Waals surface area contributed by atoms with Gasteiger partial charge < -0.3 is 5.73 Å². The first-order valence-electron chi connectivity index (χ1n) is 6.23. The molecular weight excluding hydrogens is 220 g/mol. The van der Waals surface area contributed by atoms with Crippen molar-refractivity contribution in [2.75, 3.05) is 0 Å². The minimum Gasteiger partial charge on any atom is -0.325 e. The SMILES string of the molecule is CCCCC(N)(CC)Cc1cc(F)ccc1F. The van der Waals surface area contributed by atoms with Gasteiger partial charge in [-0.05, 0) is 43.0 Å². The van der Waals surface area contributed by atoms with E-state index in [0.717, 1.165) is 31.7 Å². The van der Waals surface area contributed by atoms with Gasteiger partial charge in [0.25, 0.3) is 0 Å². The van der Waals surface area contributed by atoms with Crippen LogP contribution in [0, 0.1) is 11.6 Å². The minimum absolute atomic E-state index is 0.369. The van der Waals surface area contributed by atoms with Gasteiger partial charge in [-0.25, -0.2) is 8.78 Å². The molecule has 1 nitrogen and oxygen atoms in total. The van der Waals surface area contributed by atoms with E-state index < -0.39 is 11.4 Å². The molecule has 2 N–H and O–H groups in total. The summed E-state index contributed by atoms with van der Waals surface area (Å²) in [5.74, 6) is -0.776. The number of hydrogen-bond donors (Lipinski definition) is 1. The summed E-state index contributed by atoms with van der Waals surface area (Å²) < 4.78 is 26.6. The summed E-state index contributed by atoms with van der Waals surface area (Å²) >= 11 is 0. The summed E-state index contributed by atoms with van der Waals surface area (Å²) in [6.45, 7) is 4.09. The highest BCUT2D eigenvalue weighted by atomic mass is 19.1. The van der Waals surface area contributed by atoms with Gasteiger partial charge in [0.1, 0.15) is 11.6 Å². The molecule has 0 heterocycles. The van der Waals surface area contributed by atoms with Crippen molar-refractivity contribution in [3.05, 3.63) is 35.4 Å². The standard InChI is InChI=1S/C14H21F2N/c1-3-5-8-14(17,4-2)10-11-9-12(15)6-7-13(11)16/h6-7,9H,3-5,8,10,17H2,1-2H3. The highest BCUT2D eigenvalue weighted by molar-refractivity contribution is 5.21. The van der Waals surface area contributed by atoms with E-state index in [-0.39, 0.29) is 5.82 Å². The third-order valence-electron chi connectivity index (χ3n) is 3.28. The topological polar surface area (TPSA) is 26.0 Å². The van der Waals surface area contributed by atoms with Gasteiger partial charge in [0.2, 0.25) is 0 Å². The number of benzene rings is 1. The minimum atomic E-state index is -0.426. The van der Waals surface area contributed by atoms with Crippen LogP contribution in [0.25, 0.3) is 0 Å². The Balaban J connectivity index is 2.82. The molecule has 1 aromatic carbocycles. The largest absolute Gasteiger partial charge is 0.325 e. The molecule has 0 aliphatic rings. The van der Waals surface area contributed by atoms with Crippen LogP contribution in [-0.4, -0.2) is 5.54 Å². The van der Waals surface area contributed by atoms with Crippen LogP contribution in [-0.2, 0) is 6.42 Å². The molecule has 0 aliphatic heterocycles. The van der Waals surface area contributed by atoms with Crippen molar-refractivity contribution in [1.82, 2.24) is 0 Å². The molecule has 0 saturated carbocycles. The Morgan fingerprint density at radius 3 is 2.53 bits per heavy atom. The van der Waals surface area contributed by atoms with Gasteiger partial charge >= 0.3 is 0 Å². The van der Waals surface area contributed by atoms with E-state index >= 15 is 0 Å². The summed E-state index contributed by atoms with van der Waals surface area (Å²) in [4.78, 5) is 0. The highest BCUT2D eigenvalue weighted by Gasteiger charge is 2.24. The lowest BCUT2D eigenvalue weighted by Gasteiger charge is -2.28. The van der Waals surface area contributed by atoms with Crippen molar-refractivity contribution in [3.63, 3.8) is 0 Å². The van der Waals surface area contributed by atoms with E-state index in [1.807, 2.05) is 6.92 Å². The third kappa shape index (κ3) is 4.08. The van der Waals surface area contributed by atoms with Crippen molar-refractivity contribution < 1.29 is 8.78 Å². The van der Waals surface area contributed by atoms with Crippen LogP contribution in [0.3, 0.4) is 0 Å². The second-order valence-electron chi connectivity index (χ2n) is 4.73. The summed E-state index contributed by atoms with van der Waals surface area (Å²) in [5, 5.41) is 0. The van der Waals surface area contributed by atoms with E-state index in [4.69, 9.17) is 5.73 Å². The number of nitrogens with two attached hydrogens (primary N) is 1. The molecule has 3 heteroatoms. The molecule has 0 spiro atoms. The lowest BCUT2D eigenvalue weighted by Crippen LogP contribution is -2.41. The monoisotopic (exact) mass is 241 g/mol. The molecule has 17 heavy (non-hydrogen) atoms. The van der Waals surface area contributed by atoms with Gasteiger partial charge in [0.05, 0.1) is 0 Å². The quantitative estimate of drug-likeness (QED) is 0.805. The molecule has 1 unspecified atom stereocenters. The molecule has 0 amide bonds. The Bertz CT molecular complexity index is 365. The molecule has 1 rings (SSSR count). The maximum atomic E-state index is 13.5. The Hall–Kier alpha value is -0.960. The summed E-state index contributed by atoms with van der Waals surface area (Å²) in [6, 6.07) is 3.55. The van der Waals surface area contributed by atoms with Gasteiger partial charge in [-0.3, -0.25) is 0 Å². The first-order valence-corrected chi connectivity index (χ1v) is 6.23. The Morgan fingerprint density at radius 2 is 1.94 bits per heavy atom. The van der Waals surface area contributed by atoms with Crippen molar-refractivity contribution in [2.24, 2.45) is 5.73 Å². The summed E-state index contributed by atoms with van der Waals surface area (Å²) in [6.07, 6.45) is 4.08. The van der Waals surface area contributed by atoms with E-state index in [1.165, 1.54) is 12.1 Å². The fourth-order valence-electron chi connectivity index (χ4n) is 1.98. The zero-order valence-corrected chi connectivity index (χ0v) is 10.6. The van der Waals surface area contributed by atoms with Crippen molar-refractivity contribution in [1.29, 1.82) is 0 Å². The van der Waals surface area contributed by atoms with Crippen molar-refractivity contribution in [3.8, 4) is 0 Å². The Morgan fingerprint density at radius 1 is 1.24 bits per heavy atom. The Kier molecular flexibility index (Phi) is 5.06. The number of rotatable bonds is 6. The summed E-state index contributed by atoms with van der Waals surface area (Å²) in [7, 11) is 0. The smallest absolute Gasteiger partial charge is 0.126 e. The van der Waals surface area contributed by atoms with Crippen LogP contribution in [0.4, 0.5) is 8.78 Å². The molecule has 1 atom stereocenters. The molecule has 0 saturated heterocycles. The molecule has 0 fully saturated rings. The molecule has 0 bridgehead atoms. The van der Waals surface area contributed by atoms with Gasteiger partial charge in [-0.1, -0.05) is 26.7 Å². The number of unbranched alkanes of at least 4 members (excludes halogenated alkanes) is 1. The van der Waals surface area contributed by atoms with Crippen molar-refractivity contribution >= 4 is 0 Å². The van der Waals surface area contributed by atoms with Gasteiger partial charge in [0.15, 0.2) is 0 Å². The summed E-state index contributed by atoms with van der Waals surface area (Å²) in [5.41, 5.74) is 6.20. The first-order chi connectivity index (χ1) is 8.00. The number of hydrogen-bond acceptors (Lipinski definition) is 1. The second kappa shape index (κ2) is 6.10. The molecule has 0 aromatic heterocycles. The second-order valence-corrected chi connectivity index (χ2v) is 4.73. The van der Waals surface area contributed by atoms with Gasteiger partial charge in [-0.15, -0.1) is 0 Å². The molecule has 0 radical (unpaired) electrons. The lowest BCUT2D eigenvalue weighted by atomic mass is 9.84. The predicted octanol–water partition coefficient (Wildman–Crippen LogP) is 3.81. The fraction of sp³-hybridized carbons (Fsp3) is 0.571. The predicted molar refractivity (Wildman–Crippen MR) is 66.8 cm³/mol. The maximum Gasteiger partial charge on any atom is 0.126 e. The van der Waals surface area contributed by atoms with Crippen LogP contribution >= 0.6 is 0 Å². The van der Waals surface area contributed by atoms with E-state index in [1.54, 1.807) is 0 Å². The molecule has 0 aliphatic carbocycles. The Labute approximate surface area is 102 Å². The average molecular weight is 241 g/mol. The fourth-order valence-corrected chi connectivity index (χ4v) is 1.98. The van der Waals surface area contributed by atoms with Gasteiger partial charge in [-0.2, -0.15) is 0 Å². The van der Waals surface area contributed by atoms with Crippen LogP contribution in [0.2, 0.25) is 0 Å². The molecule has 1 aromatic rings. The highest BCUT2D eigenvalue weighted by Crippen LogP contribution is 2.23. The lowest BCUT2D eigenvalue weighted by molar-refractivity contribution is 0.359. The van der Waals surface area contributed by atoms with Crippen LogP contribution in [0.1, 0.15) is 45.1 Å². The number of halogens is 2. The maximum absolute atomic E-state index is 13.5.